The van der Waals surface area contributed by atoms with Crippen LogP contribution in [0.5, 0.6) is 0 Å². The van der Waals surface area contributed by atoms with Crippen molar-refractivity contribution < 1.29 is 14.3 Å². The largest absolute Gasteiger partial charge is 0.469 e. The number of nitriles is 1. The molecule has 0 aliphatic rings. The number of rotatable bonds is 7. The van der Waals surface area contributed by atoms with Crippen LogP contribution in [0.2, 0.25) is 0 Å². The minimum atomic E-state index is -0.254. The molecular weight excluding hydrogens is 270 g/mol. The van der Waals surface area contributed by atoms with Gasteiger partial charge in [-0.15, -0.1) is 0 Å². The predicted octanol–water partition coefficient (Wildman–Crippen LogP) is 1.72. The zero-order valence-electron chi connectivity index (χ0n) is 12.3. The normalized spacial score (nSPS) is 9.76. The van der Waals surface area contributed by atoms with Gasteiger partial charge in [0.25, 0.3) is 5.91 Å². The summed E-state index contributed by atoms with van der Waals surface area (Å²) in [7, 11) is 1.37. The number of aryl methyl sites for hydroxylation is 1. The lowest BCUT2D eigenvalue weighted by molar-refractivity contribution is -0.140. The molecule has 0 aliphatic heterocycles. The molecule has 0 radical (unpaired) electrons. The van der Waals surface area contributed by atoms with E-state index in [0.717, 1.165) is 19.3 Å². The second-order valence-electron chi connectivity index (χ2n) is 4.58. The van der Waals surface area contributed by atoms with Crippen molar-refractivity contribution in [2.24, 2.45) is 0 Å². The zero-order valence-corrected chi connectivity index (χ0v) is 12.3. The molecular formula is C15H19N3O3. The van der Waals surface area contributed by atoms with E-state index >= 15 is 0 Å². The summed E-state index contributed by atoms with van der Waals surface area (Å²) in [5.74, 6) is -0.466. The minimum Gasteiger partial charge on any atom is -0.469 e. The van der Waals surface area contributed by atoms with Crippen molar-refractivity contribution in [3.63, 3.8) is 0 Å². The first-order chi connectivity index (χ1) is 10.1. The fourth-order valence-electron chi connectivity index (χ4n) is 1.77. The number of unbranched alkanes of at least 4 members (excludes halogenated alkanes) is 2. The van der Waals surface area contributed by atoms with Crippen molar-refractivity contribution in [2.45, 2.75) is 32.6 Å². The molecule has 1 aromatic rings. The van der Waals surface area contributed by atoms with Gasteiger partial charge in [0.15, 0.2) is 0 Å². The molecule has 1 amide bonds. The Morgan fingerprint density at radius 2 is 2.10 bits per heavy atom. The lowest BCUT2D eigenvalue weighted by Gasteiger charge is -2.06. The molecule has 0 atom stereocenters. The van der Waals surface area contributed by atoms with Crippen molar-refractivity contribution >= 4 is 11.9 Å². The van der Waals surface area contributed by atoms with Crippen LogP contribution in [0.25, 0.3) is 0 Å². The smallest absolute Gasteiger partial charge is 0.305 e. The molecule has 0 saturated carbocycles. The molecule has 6 heteroatoms. The van der Waals surface area contributed by atoms with Crippen LogP contribution in [0.1, 0.15) is 47.4 Å². The van der Waals surface area contributed by atoms with Gasteiger partial charge in [-0.05, 0) is 31.9 Å². The Morgan fingerprint density at radius 3 is 2.71 bits per heavy atom. The van der Waals surface area contributed by atoms with Crippen LogP contribution in [0, 0.1) is 18.3 Å². The number of carbonyl (C=O) groups is 2. The molecule has 0 unspecified atom stereocenters. The molecule has 1 N–H and O–H groups in total. The summed E-state index contributed by atoms with van der Waals surface area (Å²) in [6.45, 7) is 2.23. The van der Waals surface area contributed by atoms with Gasteiger partial charge in [-0.2, -0.15) is 5.26 Å². The Morgan fingerprint density at radius 1 is 1.33 bits per heavy atom. The van der Waals surface area contributed by atoms with Crippen LogP contribution in [-0.4, -0.2) is 30.5 Å². The summed E-state index contributed by atoms with van der Waals surface area (Å²) >= 11 is 0. The molecule has 0 saturated heterocycles. The number of nitrogens with zero attached hydrogens (tertiary/aromatic N) is 2. The zero-order chi connectivity index (χ0) is 15.7. The highest BCUT2D eigenvalue weighted by Gasteiger charge is 2.08. The van der Waals surface area contributed by atoms with Gasteiger partial charge in [0, 0.05) is 13.0 Å². The number of carbonyl (C=O) groups excluding carboxylic acids is 2. The number of nitrogens with one attached hydrogen (secondary N) is 1. The van der Waals surface area contributed by atoms with E-state index in [0.29, 0.717) is 29.9 Å². The molecule has 1 aromatic heterocycles. The first-order valence-electron chi connectivity index (χ1n) is 6.81. The minimum absolute atomic E-state index is 0.212. The first-order valence-corrected chi connectivity index (χ1v) is 6.81. The van der Waals surface area contributed by atoms with Crippen LogP contribution < -0.4 is 5.32 Å². The maximum Gasteiger partial charge on any atom is 0.305 e. The molecule has 1 rings (SSSR count). The maximum atomic E-state index is 11.9. The van der Waals surface area contributed by atoms with E-state index in [1.165, 1.54) is 13.2 Å². The Hall–Kier alpha value is -2.42. The molecule has 0 bridgehead atoms. The van der Waals surface area contributed by atoms with E-state index in [-0.39, 0.29) is 11.9 Å². The van der Waals surface area contributed by atoms with E-state index in [2.05, 4.69) is 15.0 Å². The van der Waals surface area contributed by atoms with Crippen molar-refractivity contribution in [2.75, 3.05) is 13.7 Å². The summed E-state index contributed by atoms with van der Waals surface area (Å²) in [6, 6.07) is 5.14. The van der Waals surface area contributed by atoms with Gasteiger partial charge < -0.3 is 10.1 Å². The first kappa shape index (κ1) is 16.6. The van der Waals surface area contributed by atoms with Crippen molar-refractivity contribution in [1.82, 2.24) is 10.3 Å². The van der Waals surface area contributed by atoms with E-state index < -0.39 is 0 Å². The van der Waals surface area contributed by atoms with E-state index in [1.54, 1.807) is 13.0 Å². The maximum absolute atomic E-state index is 11.9. The number of ether oxygens (including phenoxy) is 1. The van der Waals surface area contributed by atoms with Crippen molar-refractivity contribution in [3.05, 3.63) is 29.1 Å². The third-order valence-corrected chi connectivity index (χ3v) is 3.01. The fourth-order valence-corrected chi connectivity index (χ4v) is 1.77. The number of methoxy groups -OCH3 is 1. The second kappa shape index (κ2) is 8.69. The van der Waals surface area contributed by atoms with Gasteiger partial charge in [0.2, 0.25) is 0 Å². The van der Waals surface area contributed by atoms with E-state index in [4.69, 9.17) is 5.26 Å². The fraction of sp³-hybridized carbons (Fsp3) is 0.467. The number of hydrogen-bond donors (Lipinski definition) is 1. The summed E-state index contributed by atoms with van der Waals surface area (Å²) in [5, 5.41) is 11.6. The molecule has 0 spiro atoms. The van der Waals surface area contributed by atoms with Crippen LogP contribution >= 0.6 is 0 Å². The van der Waals surface area contributed by atoms with Crippen LogP contribution in [0.15, 0.2) is 12.1 Å². The van der Waals surface area contributed by atoms with Gasteiger partial charge in [0.1, 0.15) is 11.8 Å². The summed E-state index contributed by atoms with van der Waals surface area (Å²) in [6.07, 6.45) is 2.78. The van der Waals surface area contributed by atoms with E-state index in [9.17, 15) is 9.59 Å². The number of aromatic nitrogens is 1. The standard InChI is InChI=1S/C15H19N3O3/c1-11-12(10-16)7-8-13(18-11)15(20)17-9-5-3-4-6-14(19)21-2/h7-8H,3-6,9H2,1-2H3,(H,17,20). The third kappa shape index (κ3) is 5.61. The second-order valence-corrected chi connectivity index (χ2v) is 4.58. The van der Waals surface area contributed by atoms with Crippen LogP contribution in [-0.2, 0) is 9.53 Å². The molecule has 0 aromatic carbocycles. The molecule has 6 nitrogen and oxygen atoms in total. The van der Waals surface area contributed by atoms with Crippen LogP contribution in [0.4, 0.5) is 0 Å². The van der Waals surface area contributed by atoms with Gasteiger partial charge >= 0.3 is 5.97 Å². The highest BCUT2D eigenvalue weighted by Crippen LogP contribution is 2.05. The molecule has 112 valence electrons. The van der Waals surface area contributed by atoms with Crippen molar-refractivity contribution in [1.29, 1.82) is 5.26 Å². The third-order valence-electron chi connectivity index (χ3n) is 3.01. The Labute approximate surface area is 124 Å². The van der Waals surface area contributed by atoms with Gasteiger partial charge in [-0.1, -0.05) is 6.42 Å². The monoisotopic (exact) mass is 289 g/mol. The Balaban J connectivity index is 2.30. The Kier molecular flexibility index (Phi) is 6.88. The highest BCUT2D eigenvalue weighted by atomic mass is 16.5. The molecule has 1 heterocycles. The van der Waals surface area contributed by atoms with Crippen LogP contribution in [0.3, 0.4) is 0 Å². The summed E-state index contributed by atoms with van der Waals surface area (Å²) < 4.78 is 4.54. The summed E-state index contributed by atoms with van der Waals surface area (Å²) in [4.78, 5) is 26.8. The van der Waals surface area contributed by atoms with Gasteiger partial charge in [0.05, 0.1) is 18.4 Å². The molecule has 21 heavy (non-hydrogen) atoms. The molecule has 0 fully saturated rings. The topological polar surface area (TPSA) is 92.1 Å². The average molecular weight is 289 g/mol. The number of hydrogen-bond acceptors (Lipinski definition) is 5. The highest BCUT2D eigenvalue weighted by molar-refractivity contribution is 5.92. The predicted molar refractivity (Wildman–Crippen MR) is 76.5 cm³/mol. The SMILES string of the molecule is COC(=O)CCCCCNC(=O)c1ccc(C#N)c(C)n1. The number of amides is 1. The quantitative estimate of drug-likeness (QED) is 0.609. The van der Waals surface area contributed by atoms with Crippen molar-refractivity contribution in [3.8, 4) is 6.07 Å². The average Bonchev–Trinajstić information content (AvgIpc) is 2.49. The number of esters is 1. The lowest BCUT2D eigenvalue weighted by Crippen LogP contribution is -2.25. The van der Waals surface area contributed by atoms with Gasteiger partial charge in [-0.25, -0.2) is 4.98 Å². The summed E-state index contributed by atoms with van der Waals surface area (Å²) in [5.41, 5.74) is 1.32. The van der Waals surface area contributed by atoms with Gasteiger partial charge in [-0.3, -0.25) is 9.59 Å². The number of pyridine rings is 1. The molecule has 0 aliphatic carbocycles. The van der Waals surface area contributed by atoms with E-state index in [1.807, 2.05) is 6.07 Å². The Bertz CT molecular complexity index is 550. The lowest BCUT2D eigenvalue weighted by atomic mass is 10.2.